The molecule has 0 unspecified atom stereocenters. The minimum atomic E-state index is -4.19. The second kappa shape index (κ2) is 7.73. The highest BCUT2D eigenvalue weighted by Gasteiger charge is 2.29. The maximum atomic E-state index is 14.0. The molecule has 0 amide bonds. The summed E-state index contributed by atoms with van der Waals surface area (Å²) in [7, 11) is -4.19. The van der Waals surface area contributed by atoms with Crippen LogP contribution in [0.3, 0.4) is 0 Å². The van der Waals surface area contributed by atoms with Gasteiger partial charge in [0.2, 0.25) is 10.0 Å². The quantitative estimate of drug-likeness (QED) is 0.597. The van der Waals surface area contributed by atoms with Gasteiger partial charge in [0.05, 0.1) is 4.47 Å². The number of hydrogen-bond acceptors (Lipinski definition) is 4. The van der Waals surface area contributed by atoms with E-state index in [2.05, 4.69) is 20.7 Å². The van der Waals surface area contributed by atoms with Gasteiger partial charge in [0, 0.05) is 12.1 Å². The Hall–Kier alpha value is -1.71. The maximum Gasteiger partial charge on any atom is 0.243 e. The number of hydrogen-bond donors (Lipinski definition) is 3. The molecule has 1 aliphatic rings. The van der Waals surface area contributed by atoms with Crippen molar-refractivity contribution in [1.82, 2.24) is 4.72 Å². The molecular formula is C18H18BrF2NO4S. The first-order valence-corrected chi connectivity index (χ1v) is 10.6. The molecule has 0 aliphatic heterocycles. The average molecular weight is 462 g/mol. The van der Waals surface area contributed by atoms with Crippen LogP contribution in [0.1, 0.15) is 37.2 Å². The number of phenolic OH excluding ortho intramolecular Hbond substituents is 2. The molecule has 9 heteroatoms. The Kier molecular flexibility index (Phi) is 5.73. The van der Waals surface area contributed by atoms with E-state index >= 15 is 0 Å². The first-order chi connectivity index (χ1) is 12.7. The Morgan fingerprint density at radius 2 is 1.67 bits per heavy atom. The third kappa shape index (κ3) is 4.41. The van der Waals surface area contributed by atoms with Crippen LogP contribution >= 0.6 is 15.9 Å². The molecular weight excluding hydrogens is 444 g/mol. The van der Waals surface area contributed by atoms with E-state index in [0.717, 1.165) is 6.07 Å². The van der Waals surface area contributed by atoms with Crippen LogP contribution in [0.5, 0.6) is 11.5 Å². The first-order valence-electron chi connectivity index (χ1n) is 8.36. The van der Waals surface area contributed by atoms with E-state index in [1.54, 1.807) is 6.07 Å². The Morgan fingerprint density at radius 3 is 2.30 bits per heavy atom. The van der Waals surface area contributed by atoms with Crippen LogP contribution in [-0.2, 0) is 10.0 Å². The number of benzene rings is 2. The Labute approximate surface area is 164 Å². The molecule has 0 atom stereocenters. The second-order valence-corrected chi connectivity index (χ2v) is 9.15. The van der Waals surface area contributed by atoms with Gasteiger partial charge in [-0.05, 0) is 71.3 Å². The van der Waals surface area contributed by atoms with E-state index in [-0.39, 0.29) is 21.9 Å². The van der Waals surface area contributed by atoms with Crippen molar-refractivity contribution in [3.63, 3.8) is 0 Å². The summed E-state index contributed by atoms with van der Waals surface area (Å²) in [5.74, 6) is -1.87. The molecule has 146 valence electrons. The molecule has 0 heterocycles. The molecule has 27 heavy (non-hydrogen) atoms. The van der Waals surface area contributed by atoms with E-state index in [0.29, 0.717) is 37.3 Å². The zero-order valence-corrected chi connectivity index (χ0v) is 16.5. The lowest BCUT2D eigenvalue weighted by Crippen LogP contribution is -2.37. The van der Waals surface area contributed by atoms with Crippen LogP contribution in [-0.4, -0.2) is 24.7 Å². The second-order valence-electron chi connectivity index (χ2n) is 6.61. The Balaban J connectivity index is 1.69. The third-order valence-electron chi connectivity index (χ3n) is 4.77. The summed E-state index contributed by atoms with van der Waals surface area (Å²) in [6.45, 7) is 0. The summed E-state index contributed by atoms with van der Waals surface area (Å²) >= 11 is 2.82. The van der Waals surface area contributed by atoms with Gasteiger partial charge < -0.3 is 10.2 Å². The van der Waals surface area contributed by atoms with Gasteiger partial charge in [-0.1, -0.05) is 6.07 Å². The monoisotopic (exact) mass is 461 g/mol. The van der Waals surface area contributed by atoms with Crippen LogP contribution in [0.25, 0.3) is 0 Å². The van der Waals surface area contributed by atoms with Gasteiger partial charge in [0.1, 0.15) is 28.0 Å². The topological polar surface area (TPSA) is 86.6 Å². The number of phenols is 2. The summed E-state index contributed by atoms with van der Waals surface area (Å²) in [6, 6.07) is 5.45. The fraction of sp³-hybridized carbons (Fsp3) is 0.333. The minimum Gasteiger partial charge on any atom is -0.508 e. The van der Waals surface area contributed by atoms with Crippen molar-refractivity contribution in [1.29, 1.82) is 0 Å². The molecule has 3 rings (SSSR count). The zero-order chi connectivity index (χ0) is 19.8. The average Bonchev–Trinajstić information content (AvgIpc) is 2.58. The van der Waals surface area contributed by atoms with Crippen LogP contribution in [0, 0.1) is 11.6 Å². The molecule has 2 aromatic carbocycles. The van der Waals surface area contributed by atoms with Gasteiger partial charge in [-0.2, -0.15) is 0 Å². The molecule has 0 aromatic heterocycles. The van der Waals surface area contributed by atoms with E-state index in [1.165, 1.54) is 12.1 Å². The summed E-state index contributed by atoms with van der Waals surface area (Å²) in [5.41, 5.74) is 0.704. The highest BCUT2D eigenvalue weighted by atomic mass is 79.9. The van der Waals surface area contributed by atoms with Crippen molar-refractivity contribution in [2.75, 3.05) is 0 Å². The molecule has 0 radical (unpaired) electrons. The van der Waals surface area contributed by atoms with E-state index in [4.69, 9.17) is 0 Å². The van der Waals surface area contributed by atoms with Gasteiger partial charge in [-0.15, -0.1) is 0 Å². The largest absolute Gasteiger partial charge is 0.508 e. The van der Waals surface area contributed by atoms with Gasteiger partial charge in [0.25, 0.3) is 0 Å². The molecule has 1 aliphatic carbocycles. The van der Waals surface area contributed by atoms with Crippen molar-refractivity contribution in [2.45, 2.75) is 42.5 Å². The predicted molar refractivity (Wildman–Crippen MR) is 99.1 cm³/mol. The zero-order valence-electron chi connectivity index (χ0n) is 14.1. The van der Waals surface area contributed by atoms with Crippen molar-refractivity contribution in [2.24, 2.45) is 0 Å². The van der Waals surface area contributed by atoms with Crippen LogP contribution in [0.15, 0.2) is 39.7 Å². The van der Waals surface area contributed by atoms with Crippen LogP contribution in [0.4, 0.5) is 8.78 Å². The lowest BCUT2D eigenvalue weighted by atomic mass is 9.81. The lowest BCUT2D eigenvalue weighted by molar-refractivity contribution is 0.362. The van der Waals surface area contributed by atoms with Gasteiger partial charge in [0.15, 0.2) is 0 Å². The standard InChI is InChI=1S/C18H18BrF2NO4S/c19-14-8-16(21)18(9-15(14)20)27(25,26)22-11-3-1-10(2-4-11)13-6-5-12(23)7-17(13)24/h5-11,22-24H,1-4H2. The van der Waals surface area contributed by atoms with E-state index in [9.17, 15) is 27.4 Å². The molecule has 0 bridgehead atoms. The summed E-state index contributed by atoms with van der Waals surface area (Å²) in [5, 5.41) is 19.3. The van der Waals surface area contributed by atoms with Crippen molar-refractivity contribution >= 4 is 26.0 Å². The van der Waals surface area contributed by atoms with Gasteiger partial charge >= 0.3 is 0 Å². The number of sulfonamides is 1. The molecule has 1 fully saturated rings. The van der Waals surface area contributed by atoms with Gasteiger partial charge in [-0.25, -0.2) is 21.9 Å². The van der Waals surface area contributed by atoms with Crippen molar-refractivity contribution in [3.05, 3.63) is 52.0 Å². The normalized spacial score (nSPS) is 20.6. The van der Waals surface area contributed by atoms with Crippen LogP contribution in [0.2, 0.25) is 0 Å². The molecule has 0 spiro atoms. The molecule has 1 saturated carbocycles. The fourth-order valence-electron chi connectivity index (χ4n) is 3.39. The molecule has 0 saturated heterocycles. The maximum absolute atomic E-state index is 14.0. The number of nitrogens with one attached hydrogen (secondary N) is 1. The Bertz CT molecular complexity index is 960. The number of rotatable bonds is 4. The summed E-state index contributed by atoms with van der Waals surface area (Å²) < 4.78 is 54.8. The van der Waals surface area contributed by atoms with Crippen LogP contribution < -0.4 is 4.72 Å². The molecule has 3 N–H and O–H groups in total. The summed E-state index contributed by atoms with van der Waals surface area (Å²) in [6.07, 6.45) is 2.21. The summed E-state index contributed by atoms with van der Waals surface area (Å²) in [4.78, 5) is -0.721. The highest BCUT2D eigenvalue weighted by molar-refractivity contribution is 9.10. The van der Waals surface area contributed by atoms with Crippen molar-refractivity contribution in [3.8, 4) is 11.5 Å². The first kappa shape index (κ1) is 20.0. The molecule has 2 aromatic rings. The SMILES string of the molecule is O=S(=O)(NC1CCC(c2ccc(O)cc2O)CC1)c1cc(F)c(Br)cc1F. The lowest BCUT2D eigenvalue weighted by Gasteiger charge is -2.29. The number of halogens is 3. The number of aromatic hydroxyl groups is 2. The smallest absolute Gasteiger partial charge is 0.243 e. The van der Waals surface area contributed by atoms with E-state index < -0.39 is 32.6 Å². The van der Waals surface area contributed by atoms with Gasteiger partial charge in [-0.3, -0.25) is 0 Å². The Morgan fingerprint density at radius 1 is 1.00 bits per heavy atom. The van der Waals surface area contributed by atoms with Crippen molar-refractivity contribution < 1.29 is 27.4 Å². The highest BCUT2D eigenvalue weighted by Crippen LogP contribution is 2.38. The third-order valence-corrected chi connectivity index (χ3v) is 6.91. The van der Waals surface area contributed by atoms with E-state index in [1.807, 2.05) is 0 Å². The minimum absolute atomic E-state index is 0.00596. The fourth-order valence-corrected chi connectivity index (χ4v) is 5.08. The molecule has 5 nitrogen and oxygen atoms in total. The predicted octanol–water partition coefficient (Wildman–Crippen LogP) is 4.14.